The second-order valence-corrected chi connectivity index (χ2v) is 1.28. The number of halogens is 1. The summed E-state index contributed by atoms with van der Waals surface area (Å²) in [5.74, 6) is -0.957. The molecule has 0 radical (unpaired) electrons. The third-order valence-corrected chi connectivity index (χ3v) is 0.689. The van der Waals surface area contributed by atoms with Crippen molar-refractivity contribution in [2.75, 3.05) is 14.0 Å². The van der Waals surface area contributed by atoms with Gasteiger partial charge in [0.1, 0.15) is 6.07 Å². The molecule has 11 heavy (non-hydrogen) atoms. The first-order chi connectivity index (χ1) is 5.26. The normalized spacial score (nSPS) is 10.1. The topological polar surface area (TPSA) is 71.7 Å². The van der Waals surface area contributed by atoms with Gasteiger partial charge in [0.05, 0.1) is 7.11 Å². The van der Waals surface area contributed by atoms with E-state index in [2.05, 4.69) is 14.7 Å². The largest absolute Gasteiger partial charge is 0.464 e. The Bertz CT molecular complexity index is 208. The lowest BCUT2D eigenvalue weighted by Gasteiger charge is -1.93. The molecule has 0 saturated carbocycles. The van der Waals surface area contributed by atoms with Gasteiger partial charge in [-0.15, -0.1) is 0 Å². The molecule has 0 rings (SSSR count). The molecular weight excluding hydrogens is 155 g/mol. The third kappa shape index (κ3) is 3.15. The van der Waals surface area contributed by atoms with E-state index in [0.29, 0.717) is 0 Å². The monoisotopic (exact) mass is 160 g/mol. The molecule has 0 aliphatic heterocycles. The van der Waals surface area contributed by atoms with E-state index >= 15 is 0 Å². The number of hydrogen-bond acceptors (Lipinski definition) is 5. The van der Waals surface area contributed by atoms with Gasteiger partial charge >= 0.3 is 5.97 Å². The second kappa shape index (κ2) is 5.17. The van der Waals surface area contributed by atoms with Crippen molar-refractivity contribution < 1.29 is 18.8 Å². The van der Waals surface area contributed by atoms with E-state index < -0.39 is 18.5 Å². The predicted molar refractivity (Wildman–Crippen MR) is 32.1 cm³/mol. The molecule has 0 aromatic carbocycles. The van der Waals surface area contributed by atoms with Crippen LogP contribution in [-0.2, 0) is 14.4 Å². The molecule has 0 amide bonds. The number of nitriles is 1. The van der Waals surface area contributed by atoms with Crippen molar-refractivity contribution in [2.45, 2.75) is 0 Å². The molecule has 0 N–H and O–H groups in total. The molecule has 0 atom stereocenters. The molecule has 0 unspecified atom stereocenters. The molecule has 0 spiro atoms. The van der Waals surface area contributed by atoms with Crippen LogP contribution < -0.4 is 0 Å². The average Bonchev–Trinajstić information content (AvgIpc) is 2.05. The smallest absolute Gasteiger partial charge is 0.371 e. The molecule has 0 fully saturated rings. The number of oxime groups is 1. The highest BCUT2D eigenvalue weighted by atomic mass is 19.1. The summed E-state index contributed by atoms with van der Waals surface area (Å²) >= 11 is 0. The van der Waals surface area contributed by atoms with Gasteiger partial charge in [0, 0.05) is 0 Å². The van der Waals surface area contributed by atoms with Gasteiger partial charge in [0.25, 0.3) is 12.6 Å². The maximum atomic E-state index is 11.3. The van der Waals surface area contributed by atoms with E-state index in [4.69, 9.17) is 5.26 Å². The van der Waals surface area contributed by atoms with Gasteiger partial charge < -0.3 is 9.57 Å². The predicted octanol–water partition coefficient (Wildman–Crippen LogP) is -0.0174. The molecule has 0 aromatic heterocycles. The van der Waals surface area contributed by atoms with Gasteiger partial charge in [-0.2, -0.15) is 5.26 Å². The van der Waals surface area contributed by atoms with E-state index in [1.165, 1.54) is 6.07 Å². The van der Waals surface area contributed by atoms with Crippen LogP contribution in [0.3, 0.4) is 0 Å². The Morgan fingerprint density at radius 2 is 2.45 bits per heavy atom. The van der Waals surface area contributed by atoms with E-state index in [0.717, 1.165) is 7.11 Å². The van der Waals surface area contributed by atoms with Crippen LogP contribution in [-0.4, -0.2) is 25.7 Å². The summed E-state index contributed by atoms with van der Waals surface area (Å²) in [5.41, 5.74) is -0.620. The van der Waals surface area contributed by atoms with E-state index in [9.17, 15) is 9.18 Å². The Kier molecular flexibility index (Phi) is 4.40. The van der Waals surface area contributed by atoms with Crippen LogP contribution in [0.25, 0.3) is 0 Å². The first kappa shape index (κ1) is 9.36. The summed E-state index contributed by atoms with van der Waals surface area (Å²) < 4.78 is 15.4. The van der Waals surface area contributed by atoms with Gasteiger partial charge in [-0.25, -0.2) is 9.18 Å². The SMILES string of the molecule is COC(=O)/C(C#N)=N\OCF. The summed E-state index contributed by atoms with van der Waals surface area (Å²) in [6.07, 6.45) is 0. The molecule has 0 aliphatic carbocycles. The van der Waals surface area contributed by atoms with Crippen LogP contribution in [0.15, 0.2) is 5.16 Å². The lowest BCUT2D eigenvalue weighted by molar-refractivity contribution is -0.132. The third-order valence-electron chi connectivity index (χ3n) is 0.689. The molecule has 5 nitrogen and oxygen atoms in total. The van der Waals surface area contributed by atoms with Crippen LogP contribution >= 0.6 is 0 Å². The lowest BCUT2D eigenvalue weighted by Crippen LogP contribution is -2.13. The molecule has 0 bridgehead atoms. The van der Waals surface area contributed by atoms with Gasteiger partial charge in [-0.1, -0.05) is 5.16 Å². The fraction of sp³-hybridized carbons (Fsp3) is 0.400. The summed E-state index contributed by atoms with van der Waals surface area (Å²) in [7, 11) is 1.07. The summed E-state index contributed by atoms with van der Waals surface area (Å²) in [4.78, 5) is 14.3. The zero-order valence-electron chi connectivity index (χ0n) is 5.70. The van der Waals surface area contributed by atoms with Gasteiger partial charge in [0.2, 0.25) is 0 Å². The van der Waals surface area contributed by atoms with Gasteiger partial charge in [0.15, 0.2) is 0 Å². The number of esters is 1. The van der Waals surface area contributed by atoms with Gasteiger partial charge in [-0.3, -0.25) is 0 Å². The number of rotatable bonds is 3. The first-order valence-corrected chi connectivity index (χ1v) is 2.50. The number of ether oxygens (including phenoxy) is 1. The van der Waals surface area contributed by atoms with E-state index in [1.807, 2.05) is 0 Å². The van der Waals surface area contributed by atoms with Crippen molar-refractivity contribution in [3.8, 4) is 6.07 Å². The molecular formula is C5H5FN2O3. The summed E-state index contributed by atoms with van der Waals surface area (Å²) in [5, 5.41) is 11.0. The molecule has 0 saturated heterocycles. The molecule has 0 aliphatic rings. The quantitative estimate of drug-likeness (QED) is 0.330. The minimum absolute atomic E-state index is 0.620. The first-order valence-electron chi connectivity index (χ1n) is 2.50. The average molecular weight is 160 g/mol. The highest BCUT2D eigenvalue weighted by molar-refractivity contribution is 6.42. The maximum absolute atomic E-state index is 11.3. The highest BCUT2D eigenvalue weighted by Crippen LogP contribution is 1.84. The van der Waals surface area contributed by atoms with E-state index in [-0.39, 0.29) is 0 Å². The molecule has 60 valence electrons. The van der Waals surface area contributed by atoms with Crippen LogP contribution in [0.1, 0.15) is 0 Å². The molecule has 0 heterocycles. The number of carbonyl (C=O) groups is 1. The minimum atomic E-state index is -1.19. The Morgan fingerprint density at radius 3 is 2.82 bits per heavy atom. The number of hydrogen-bond donors (Lipinski definition) is 0. The Labute approximate surface area is 62.0 Å². The number of carbonyl (C=O) groups excluding carboxylic acids is 1. The lowest BCUT2D eigenvalue weighted by atomic mass is 10.4. The number of alkyl halides is 1. The standard InChI is InChI=1S/C5H5FN2O3/c1-10-5(9)4(2-7)8-11-3-6/h3H2,1H3/b8-4-. The second-order valence-electron chi connectivity index (χ2n) is 1.28. The van der Waals surface area contributed by atoms with Crippen molar-refractivity contribution in [1.29, 1.82) is 5.26 Å². The van der Waals surface area contributed by atoms with Crippen LogP contribution in [0.5, 0.6) is 0 Å². The Hall–Kier alpha value is -1.64. The van der Waals surface area contributed by atoms with Crippen molar-refractivity contribution in [2.24, 2.45) is 5.16 Å². The maximum Gasteiger partial charge on any atom is 0.371 e. The van der Waals surface area contributed by atoms with Crippen molar-refractivity contribution in [3.05, 3.63) is 0 Å². The minimum Gasteiger partial charge on any atom is -0.464 e. The van der Waals surface area contributed by atoms with E-state index in [1.54, 1.807) is 0 Å². The summed E-state index contributed by atoms with van der Waals surface area (Å²) in [6.45, 7) is -1.19. The Morgan fingerprint density at radius 1 is 1.82 bits per heavy atom. The van der Waals surface area contributed by atoms with Crippen molar-refractivity contribution in [3.63, 3.8) is 0 Å². The van der Waals surface area contributed by atoms with Crippen molar-refractivity contribution in [1.82, 2.24) is 0 Å². The highest BCUT2D eigenvalue weighted by Gasteiger charge is 2.10. The zero-order chi connectivity index (χ0) is 8.69. The fourth-order valence-electron chi connectivity index (χ4n) is 0.289. The van der Waals surface area contributed by atoms with Crippen LogP contribution in [0, 0.1) is 11.3 Å². The fourth-order valence-corrected chi connectivity index (χ4v) is 0.289. The Balaban J connectivity index is 4.18. The van der Waals surface area contributed by atoms with Gasteiger partial charge in [-0.05, 0) is 0 Å². The summed E-state index contributed by atoms with van der Waals surface area (Å²) in [6, 6.07) is 1.37. The zero-order valence-corrected chi connectivity index (χ0v) is 5.70. The number of nitrogens with zero attached hydrogens (tertiary/aromatic N) is 2. The number of methoxy groups -OCH3 is 1. The molecule has 6 heteroatoms. The molecule has 0 aromatic rings. The van der Waals surface area contributed by atoms with Crippen LogP contribution in [0.2, 0.25) is 0 Å². The van der Waals surface area contributed by atoms with Crippen molar-refractivity contribution >= 4 is 11.7 Å². The van der Waals surface area contributed by atoms with Crippen LogP contribution in [0.4, 0.5) is 4.39 Å².